The van der Waals surface area contributed by atoms with E-state index >= 15 is 0 Å². The van der Waals surface area contributed by atoms with Gasteiger partial charge in [-0.05, 0) is 18.9 Å². The first kappa shape index (κ1) is 11.5. The van der Waals surface area contributed by atoms with E-state index in [2.05, 4.69) is 15.1 Å². The summed E-state index contributed by atoms with van der Waals surface area (Å²) in [5.41, 5.74) is 0.656. The monoisotopic (exact) mass is 271 g/mol. The molecule has 4 heterocycles. The van der Waals surface area contributed by atoms with Crippen molar-refractivity contribution in [2.75, 3.05) is 6.61 Å². The summed E-state index contributed by atoms with van der Waals surface area (Å²) in [6, 6.07) is 1.87. The van der Waals surface area contributed by atoms with Gasteiger partial charge in [-0.2, -0.15) is 14.6 Å². The van der Waals surface area contributed by atoms with Gasteiger partial charge in [0.15, 0.2) is 0 Å². The van der Waals surface area contributed by atoms with Crippen LogP contribution in [-0.4, -0.2) is 36.9 Å². The van der Waals surface area contributed by atoms with Crippen LogP contribution in [0.2, 0.25) is 0 Å². The quantitative estimate of drug-likeness (QED) is 0.683. The molecule has 102 valence electrons. The van der Waals surface area contributed by atoms with Crippen molar-refractivity contribution in [3.63, 3.8) is 0 Å². The molecule has 0 aliphatic carbocycles. The summed E-state index contributed by atoms with van der Waals surface area (Å²) in [5, 5.41) is 4.64. The summed E-state index contributed by atoms with van der Waals surface area (Å²) in [6.45, 7) is 1.37. The summed E-state index contributed by atoms with van der Waals surface area (Å²) in [4.78, 5) is 20.7. The first-order valence-electron chi connectivity index (χ1n) is 6.62. The lowest BCUT2D eigenvalue weighted by Gasteiger charge is -2.12. The number of ether oxygens (including phenoxy) is 1. The van der Waals surface area contributed by atoms with Crippen molar-refractivity contribution in [2.24, 2.45) is 0 Å². The molecule has 0 amide bonds. The molecule has 0 N–H and O–H groups in total. The zero-order valence-electron chi connectivity index (χ0n) is 10.8. The average Bonchev–Trinajstić information content (AvgIpc) is 3.12. The van der Waals surface area contributed by atoms with Crippen LogP contribution in [-0.2, 0) is 11.3 Å². The van der Waals surface area contributed by atoms with Crippen LogP contribution >= 0.6 is 0 Å². The number of aromatic nitrogens is 5. The zero-order valence-corrected chi connectivity index (χ0v) is 10.8. The van der Waals surface area contributed by atoms with Crippen molar-refractivity contribution in [3.8, 4) is 0 Å². The van der Waals surface area contributed by atoms with Gasteiger partial charge in [0.05, 0.1) is 23.6 Å². The lowest BCUT2D eigenvalue weighted by atomic mass is 10.2. The van der Waals surface area contributed by atoms with Crippen LogP contribution in [0.15, 0.2) is 29.6 Å². The largest absolute Gasteiger partial charge is 0.376 e. The highest BCUT2D eigenvalue weighted by atomic mass is 16.5. The second-order valence-corrected chi connectivity index (χ2v) is 4.94. The molecule has 7 nitrogen and oxygen atoms in total. The minimum Gasteiger partial charge on any atom is -0.376 e. The van der Waals surface area contributed by atoms with Crippen LogP contribution in [0.5, 0.6) is 0 Å². The Kier molecular flexibility index (Phi) is 2.53. The van der Waals surface area contributed by atoms with E-state index in [1.54, 1.807) is 21.5 Å². The molecule has 4 rings (SSSR count). The molecule has 0 saturated carbocycles. The highest BCUT2D eigenvalue weighted by Crippen LogP contribution is 2.14. The summed E-state index contributed by atoms with van der Waals surface area (Å²) < 4.78 is 8.84. The fourth-order valence-electron chi connectivity index (χ4n) is 2.66. The topological polar surface area (TPSA) is 74.3 Å². The molecule has 3 aromatic rings. The zero-order chi connectivity index (χ0) is 13.5. The van der Waals surface area contributed by atoms with E-state index in [1.807, 2.05) is 6.07 Å². The predicted octanol–water partition coefficient (Wildman–Crippen LogP) is 0.618. The maximum absolute atomic E-state index is 12.5. The van der Waals surface area contributed by atoms with E-state index in [9.17, 15) is 4.79 Å². The second-order valence-electron chi connectivity index (χ2n) is 4.94. The average molecular weight is 271 g/mol. The third kappa shape index (κ3) is 1.70. The minimum absolute atomic E-state index is 0.0668. The van der Waals surface area contributed by atoms with Gasteiger partial charge in [0.1, 0.15) is 6.33 Å². The molecule has 0 radical (unpaired) electrons. The van der Waals surface area contributed by atoms with E-state index in [0.29, 0.717) is 17.7 Å². The van der Waals surface area contributed by atoms with Gasteiger partial charge in [-0.15, -0.1) is 0 Å². The predicted molar refractivity (Wildman–Crippen MR) is 71.5 cm³/mol. The van der Waals surface area contributed by atoms with Crippen molar-refractivity contribution in [3.05, 3.63) is 35.1 Å². The number of nitrogens with zero attached hydrogens (tertiary/aromatic N) is 5. The Hall–Kier alpha value is -2.28. The Bertz CT molecular complexity index is 832. The first-order chi connectivity index (χ1) is 9.83. The number of hydrogen-bond acceptors (Lipinski definition) is 5. The van der Waals surface area contributed by atoms with Crippen LogP contribution in [0.25, 0.3) is 16.7 Å². The third-order valence-electron chi connectivity index (χ3n) is 3.67. The SMILES string of the molecule is O=c1c2cnc3ncnn3c2ccn1C[C@H]1CCCO1. The summed E-state index contributed by atoms with van der Waals surface area (Å²) in [6.07, 6.45) is 6.98. The Morgan fingerprint density at radius 1 is 1.40 bits per heavy atom. The van der Waals surface area contributed by atoms with E-state index in [-0.39, 0.29) is 11.7 Å². The number of pyridine rings is 1. The van der Waals surface area contributed by atoms with Gasteiger partial charge in [-0.25, -0.2) is 4.98 Å². The Balaban J connectivity index is 1.85. The molecule has 1 atom stereocenters. The standard InChI is InChI=1S/C13H13N5O2/c19-12-10-6-14-13-15-8-16-18(13)11(10)3-4-17(12)7-9-2-1-5-20-9/h3-4,6,8-9H,1-2,5,7H2/t9-/m1/s1. The van der Waals surface area contributed by atoms with Gasteiger partial charge in [-0.3, -0.25) is 4.79 Å². The Morgan fingerprint density at radius 3 is 3.20 bits per heavy atom. The third-order valence-corrected chi connectivity index (χ3v) is 3.67. The van der Waals surface area contributed by atoms with Gasteiger partial charge in [0, 0.05) is 19.0 Å². The molecule has 20 heavy (non-hydrogen) atoms. The lowest BCUT2D eigenvalue weighted by molar-refractivity contribution is 0.0963. The molecule has 3 aromatic heterocycles. The van der Waals surface area contributed by atoms with Crippen molar-refractivity contribution in [1.82, 2.24) is 24.1 Å². The second kappa shape index (κ2) is 4.38. The van der Waals surface area contributed by atoms with E-state index in [0.717, 1.165) is 25.0 Å². The normalized spacial score (nSPS) is 19.1. The molecule has 7 heteroatoms. The molecule has 1 aliphatic rings. The van der Waals surface area contributed by atoms with E-state index in [4.69, 9.17) is 4.74 Å². The fourth-order valence-corrected chi connectivity index (χ4v) is 2.66. The number of rotatable bonds is 2. The van der Waals surface area contributed by atoms with E-state index in [1.165, 1.54) is 6.33 Å². The molecule has 1 fully saturated rings. The van der Waals surface area contributed by atoms with Crippen LogP contribution in [0.1, 0.15) is 12.8 Å². The first-order valence-corrected chi connectivity index (χ1v) is 6.62. The Morgan fingerprint density at radius 2 is 2.35 bits per heavy atom. The van der Waals surface area contributed by atoms with Crippen molar-refractivity contribution < 1.29 is 4.74 Å². The highest BCUT2D eigenvalue weighted by Gasteiger charge is 2.17. The van der Waals surface area contributed by atoms with Gasteiger partial charge < -0.3 is 9.30 Å². The van der Waals surface area contributed by atoms with Crippen LogP contribution in [0.4, 0.5) is 0 Å². The number of fused-ring (bicyclic) bond motifs is 3. The molecule has 1 saturated heterocycles. The fraction of sp³-hybridized carbons (Fsp3) is 0.385. The van der Waals surface area contributed by atoms with Gasteiger partial charge >= 0.3 is 0 Å². The Labute approximate surface area is 113 Å². The lowest BCUT2D eigenvalue weighted by Crippen LogP contribution is -2.26. The number of hydrogen-bond donors (Lipinski definition) is 0. The summed E-state index contributed by atoms with van der Waals surface area (Å²) in [5.74, 6) is 0.494. The highest BCUT2D eigenvalue weighted by molar-refractivity contribution is 5.78. The minimum atomic E-state index is -0.0668. The van der Waals surface area contributed by atoms with Crippen LogP contribution in [0.3, 0.4) is 0 Å². The van der Waals surface area contributed by atoms with Crippen molar-refractivity contribution in [1.29, 1.82) is 0 Å². The molecule has 0 unspecified atom stereocenters. The summed E-state index contributed by atoms with van der Waals surface area (Å²) in [7, 11) is 0. The molecular weight excluding hydrogens is 258 g/mol. The van der Waals surface area contributed by atoms with E-state index < -0.39 is 0 Å². The van der Waals surface area contributed by atoms with Crippen molar-refractivity contribution >= 4 is 16.7 Å². The molecule has 0 spiro atoms. The molecule has 0 bridgehead atoms. The maximum atomic E-state index is 12.5. The van der Waals surface area contributed by atoms with Gasteiger partial charge in [-0.1, -0.05) is 0 Å². The van der Waals surface area contributed by atoms with Crippen LogP contribution < -0.4 is 5.56 Å². The molecular formula is C13H13N5O2. The summed E-state index contributed by atoms with van der Waals surface area (Å²) >= 11 is 0. The van der Waals surface area contributed by atoms with Gasteiger partial charge in [0.2, 0.25) is 0 Å². The van der Waals surface area contributed by atoms with Crippen molar-refractivity contribution in [2.45, 2.75) is 25.5 Å². The molecule has 0 aromatic carbocycles. The maximum Gasteiger partial charge on any atom is 0.261 e. The van der Waals surface area contributed by atoms with Crippen LogP contribution in [0, 0.1) is 0 Å². The smallest absolute Gasteiger partial charge is 0.261 e. The van der Waals surface area contributed by atoms with Gasteiger partial charge in [0.25, 0.3) is 11.3 Å². The molecule has 1 aliphatic heterocycles.